The molecule has 1 aliphatic rings. The fourth-order valence-corrected chi connectivity index (χ4v) is 3.85. The Labute approximate surface area is 150 Å². The van der Waals surface area contributed by atoms with Crippen LogP contribution in [0.5, 0.6) is 0 Å². The maximum absolute atomic E-state index is 6.50. The lowest BCUT2D eigenvalue weighted by Gasteiger charge is -2.35. The van der Waals surface area contributed by atoms with E-state index in [1.807, 2.05) is 12.1 Å². The average molecular weight is 343 g/mol. The molecule has 1 N–H and O–H groups in total. The van der Waals surface area contributed by atoms with E-state index in [1.165, 1.54) is 49.0 Å². The van der Waals surface area contributed by atoms with Crippen LogP contribution in [0.25, 0.3) is 0 Å². The number of piperidine rings is 1. The Morgan fingerprint density at radius 3 is 2.58 bits per heavy atom. The van der Waals surface area contributed by atoms with Gasteiger partial charge in [-0.15, -0.1) is 0 Å². The largest absolute Gasteiger partial charge is 0.311 e. The maximum Gasteiger partial charge on any atom is 0.0487 e. The lowest BCUT2D eigenvalue weighted by atomic mass is 10.0. The first kappa shape index (κ1) is 17.5. The zero-order valence-electron chi connectivity index (χ0n) is 14.5. The molecule has 2 nitrogen and oxygen atoms in total. The van der Waals surface area contributed by atoms with Crippen LogP contribution in [0.2, 0.25) is 5.02 Å². The zero-order chi connectivity index (χ0) is 16.8. The number of hydrogen-bond donors (Lipinski definition) is 1. The summed E-state index contributed by atoms with van der Waals surface area (Å²) < 4.78 is 0. The van der Waals surface area contributed by atoms with E-state index in [1.54, 1.807) is 0 Å². The summed E-state index contributed by atoms with van der Waals surface area (Å²) in [6.45, 7) is 6.31. The summed E-state index contributed by atoms with van der Waals surface area (Å²) in [6.07, 6.45) is 3.93. The molecule has 1 atom stereocenters. The van der Waals surface area contributed by atoms with Crippen LogP contribution in [-0.2, 0) is 6.54 Å². The Bertz CT molecular complexity index is 650. The summed E-state index contributed by atoms with van der Waals surface area (Å²) in [4.78, 5) is 2.59. The molecule has 0 radical (unpaired) electrons. The molecule has 1 aliphatic heterocycles. The van der Waals surface area contributed by atoms with Crippen molar-refractivity contribution in [1.82, 2.24) is 10.2 Å². The molecular formula is C21H27ClN2. The third-order valence-electron chi connectivity index (χ3n) is 4.84. The molecule has 1 heterocycles. The lowest BCUT2D eigenvalue weighted by Crippen LogP contribution is -2.39. The molecule has 0 aromatic heterocycles. The van der Waals surface area contributed by atoms with E-state index in [-0.39, 0.29) is 0 Å². The third kappa shape index (κ3) is 4.60. The first-order chi connectivity index (χ1) is 11.7. The minimum Gasteiger partial charge on any atom is -0.311 e. The Balaban J connectivity index is 1.69. The highest BCUT2D eigenvalue weighted by atomic mass is 35.5. The molecule has 2 aromatic rings. The molecule has 1 unspecified atom stereocenters. The van der Waals surface area contributed by atoms with Gasteiger partial charge in [0.1, 0.15) is 0 Å². The lowest BCUT2D eigenvalue weighted by molar-refractivity contribution is 0.160. The van der Waals surface area contributed by atoms with Gasteiger partial charge in [0.2, 0.25) is 0 Å². The predicted octanol–water partition coefficient (Wildman–Crippen LogP) is 4.97. The van der Waals surface area contributed by atoms with Crippen LogP contribution < -0.4 is 5.32 Å². The second kappa shape index (κ2) is 8.66. The van der Waals surface area contributed by atoms with Gasteiger partial charge in [0.15, 0.2) is 0 Å². The Hall–Kier alpha value is -1.35. The monoisotopic (exact) mass is 342 g/mol. The summed E-state index contributed by atoms with van der Waals surface area (Å²) >= 11 is 6.50. The number of nitrogens with one attached hydrogen (secondary N) is 1. The molecule has 0 bridgehead atoms. The van der Waals surface area contributed by atoms with E-state index in [2.05, 4.69) is 53.5 Å². The van der Waals surface area contributed by atoms with Crippen molar-refractivity contribution in [2.45, 2.75) is 38.8 Å². The standard InChI is InChI=1S/C21H27ClN2/c1-17-8-7-9-18(14-17)15-23-16-21(24-12-5-2-6-13-24)19-10-3-4-11-20(19)22/h3-4,7-11,14,21,23H,2,5-6,12-13,15-16H2,1H3. The van der Waals surface area contributed by atoms with Crippen molar-refractivity contribution in [1.29, 1.82) is 0 Å². The molecule has 1 saturated heterocycles. The zero-order valence-corrected chi connectivity index (χ0v) is 15.2. The van der Waals surface area contributed by atoms with Crippen LogP contribution in [0.3, 0.4) is 0 Å². The van der Waals surface area contributed by atoms with Gasteiger partial charge in [-0.1, -0.05) is 66.0 Å². The summed E-state index contributed by atoms with van der Waals surface area (Å²) in [6, 6.07) is 17.3. The molecule has 0 aliphatic carbocycles. The van der Waals surface area contributed by atoms with Gasteiger partial charge in [-0.3, -0.25) is 4.90 Å². The van der Waals surface area contributed by atoms with E-state index >= 15 is 0 Å². The first-order valence-electron chi connectivity index (χ1n) is 8.99. The fraction of sp³-hybridized carbons (Fsp3) is 0.429. The molecule has 3 heteroatoms. The minimum absolute atomic E-state index is 0.351. The summed E-state index contributed by atoms with van der Waals surface area (Å²) in [5.74, 6) is 0. The normalized spacial score (nSPS) is 16.9. The Kier molecular flexibility index (Phi) is 6.30. The minimum atomic E-state index is 0.351. The quantitative estimate of drug-likeness (QED) is 0.797. The SMILES string of the molecule is Cc1cccc(CNCC(c2ccccc2Cl)N2CCCCC2)c1. The summed E-state index contributed by atoms with van der Waals surface area (Å²) in [5.41, 5.74) is 3.90. The van der Waals surface area contributed by atoms with Crippen molar-refractivity contribution in [2.75, 3.05) is 19.6 Å². The van der Waals surface area contributed by atoms with Crippen LogP contribution in [0, 0.1) is 6.92 Å². The average Bonchev–Trinajstić information content (AvgIpc) is 2.61. The molecule has 2 aromatic carbocycles. The topological polar surface area (TPSA) is 15.3 Å². The van der Waals surface area contributed by atoms with E-state index < -0.39 is 0 Å². The number of rotatable bonds is 6. The number of likely N-dealkylation sites (tertiary alicyclic amines) is 1. The van der Waals surface area contributed by atoms with Crippen molar-refractivity contribution in [3.8, 4) is 0 Å². The highest BCUT2D eigenvalue weighted by molar-refractivity contribution is 6.31. The van der Waals surface area contributed by atoms with Gasteiger partial charge >= 0.3 is 0 Å². The molecule has 128 valence electrons. The smallest absolute Gasteiger partial charge is 0.0487 e. The maximum atomic E-state index is 6.50. The molecular weight excluding hydrogens is 316 g/mol. The van der Waals surface area contributed by atoms with E-state index in [4.69, 9.17) is 11.6 Å². The van der Waals surface area contributed by atoms with Crippen molar-refractivity contribution in [2.24, 2.45) is 0 Å². The van der Waals surface area contributed by atoms with Crippen LogP contribution in [0.1, 0.15) is 42.0 Å². The van der Waals surface area contributed by atoms with Crippen LogP contribution in [0.15, 0.2) is 48.5 Å². The van der Waals surface area contributed by atoms with Gasteiger partial charge in [-0.2, -0.15) is 0 Å². The highest BCUT2D eigenvalue weighted by Crippen LogP contribution is 2.29. The van der Waals surface area contributed by atoms with Crippen molar-refractivity contribution in [3.05, 3.63) is 70.2 Å². The number of nitrogens with zero attached hydrogens (tertiary/aromatic N) is 1. The van der Waals surface area contributed by atoms with Crippen LogP contribution in [-0.4, -0.2) is 24.5 Å². The molecule has 0 spiro atoms. The molecule has 1 fully saturated rings. The second-order valence-corrected chi connectivity index (χ2v) is 7.16. The third-order valence-corrected chi connectivity index (χ3v) is 5.19. The van der Waals surface area contributed by atoms with E-state index in [0.717, 1.165) is 18.1 Å². The number of benzene rings is 2. The van der Waals surface area contributed by atoms with Crippen LogP contribution >= 0.6 is 11.6 Å². The Morgan fingerprint density at radius 1 is 1.04 bits per heavy atom. The van der Waals surface area contributed by atoms with E-state index in [0.29, 0.717) is 6.04 Å². The number of aryl methyl sites for hydroxylation is 1. The number of hydrogen-bond acceptors (Lipinski definition) is 2. The van der Waals surface area contributed by atoms with Crippen molar-refractivity contribution < 1.29 is 0 Å². The van der Waals surface area contributed by atoms with Crippen LogP contribution in [0.4, 0.5) is 0 Å². The fourth-order valence-electron chi connectivity index (χ4n) is 3.59. The molecule has 0 amide bonds. The van der Waals surface area contributed by atoms with Gasteiger partial charge < -0.3 is 5.32 Å². The van der Waals surface area contributed by atoms with Gasteiger partial charge in [0, 0.05) is 24.2 Å². The van der Waals surface area contributed by atoms with Gasteiger partial charge in [0.05, 0.1) is 0 Å². The summed E-state index contributed by atoms with van der Waals surface area (Å²) in [5, 5.41) is 4.53. The second-order valence-electron chi connectivity index (χ2n) is 6.75. The highest BCUT2D eigenvalue weighted by Gasteiger charge is 2.23. The predicted molar refractivity (Wildman–Crippen MR) is 103 cm³/mol. The van der Waals surface area contributed by atoms with Crippen molar-refractivity contribution >= 4 is 11.6 Å². The molecule has 0 saturated carbocycles. The van der Waals surface area contributed by atoms with E-state index in [9.17, 15) is 0 Å². The molecule has 3 rings (SSSR count). The Morgan fingerprint density at radius 2 is 1.83 bits per heavy atom. The molecule has 24 heavy (non-hydrogen) atoms. The number of halogens is 1. The summed E-state index contributed by atoms with van der Waals surface area (Å²) in [7, 11) is 0. The van der Waals surface area contributed by atoms with Gasteiger partial charge in [0.25, 0.3) is 0 Å². The van der Waals surface area contributed by atoms with Gasteiger partial charge in [-0.25, -0.2) is 0 Å². The van der Waals surface area contributed by atoms with Gasteiger partial charge in [-0.05, 0) is 50.0 Å². The van der Waals surface area contributed by atoms with Crippen molar-refractivity contribution in [3.63, 3.8) is 0 Å². The first-order valence-corrected chi connectivity index (χ1v) is 9.36.